The van der Waals surface area contributed by atoms with E-state index in [4.69, 9.17) is 13.9 Å². The Kier molecular flexibility index (Phi) is 3.85. The molecule has 1 fully saturated rings. The number of ether oxygens (including phenoxy) is 2. The number of esters is 1. The van der Waals surface area contributed by atoms with Crippen LogP contribution in [-0.2, 0) is 22.6 Å². The van der Waals surface area contributed by atoms with Gasteiger partial charge in [0.25, 0.3) is 0 Å². The highest BCUT2D eigenvalue weighted by Gasteiger charge is 2.29. The summed E-state index contributed by atoms with van der Waals surface area (Å²) in [6.07, 6.45) is 0.334. The smallest absolute Gasteiger partial charge is 0.347 e. The Balaban J connectivity index is 2.11. The Morgan fingerprint density at radius 1 is 1.36 bits per heavy atom. The van der Waals surface area contributed by atoms with Crippen LogP contribution in [-0.4, -0.2) is 23.8 Å². The zero-order valence-corrected chi connectivity index (χ0v) is 12.1. The first-order valence-corrected chi connectivity index (χ1v) is 7.16. The standard InChI is InChI=1S/C16H16O6/c1-2-9-7-12(18)10-3-4-13(11(8-17)15(10)21-9)22-14-5-6-20-16(14)19/h3-4,7,14,17H,2,5-6,8H2,1H3. The van der Waals surface area contributed by atoms with Crippen LogP contribution in [0.4, 0.5) is 0 Å². The Labute approximate surface area is 126 Å². The van der Waals surface area contributed by atoms with E-state index in [1.807, 2.05) is 6.92 Å². The number of hydrogen-bond acceptors (Lipinski definition) is 6. The number of aliphatic hydroxyl groups excluding tert-OH is 1. The molecule has 1 atom stereocenters. The van der Waals surface area contributed by atoms with E-state index in [-0.39, 0.29) is 12.0 Å². The molecule has 0 radical (unpaired) electrons. The lowest BCUT2D eigenvalue weighted by molar-refractivity contribution is -0.143. The van der Waals surface area contributed by atoms with E-state index in [1.54, 1.807) is 12.1 Å². The summed E-state index contributed by atoms with van der Waals surface area (Å²) in [6.45, 7) is 1.84. The summed E-state index contributed by atoms with van der Waals surface area (Å²) in [5.74, 6) is 0.438. The summed E-state index contributed by atoms with van der Waals surface area (Å²) in [7, 11) is 0. The molecule has 1 aliphatic heterocycles. The van der Waals surface area contributed by atoms with Gasteiger partial charge in [0.15, 0.2) is 11.5 Å². The van der Waals surface area contributed by atoms with Crippen LogP contribution < -0.4 is 10.2 Å². The maximum Gasteiger partial charge on any atom is 0.347 e. The zero-order chi connectivity index (χ0) is 15.7. The van der Waals surface area contributed by atoms with Gasteiger partial charge < -0.3 is 19.0 Å². The molecule has 6 nitrogen and oxygen atoms in total. The second kappa shape index (κ2) is 5.81. The number of fused-ring (bicyclic) bond motifs is 1. The molecule has 0 bridgehead atoms. The highest BCUT2D eigenvalue weighted by molar-refractivity contribution is 5.82. The van der Waals surface area contributed by atoms with Crippen molar-refractivity contribution >= 4 is 16.9 Å². The van der Waals surface area contributed by atoms with Crippen LogP contribution in [0.5, 0.6) is 5.75 Å². The molecule has 6 heteroatoms. The van der Waals surface area contributed by atoms with E-state index in [9.17, 15) is 14.7 Å². The third-order valence-corrected chi connectivity index (χ3v) is 3.67. The molecule has 0 amide bonds. The first-order valence-electron chi connectivity index (χ1n) is 7.16. The van der Waals surface area contributed by atoms with Crippen molar-refractivity contribution in [3.63, 3.8) is 0 Å². The lowest BCUT2D eigenvalue weighted by atomic mass is 10.1. The lowest BCUT2D eigenvalue weighted by Gasteiger charge is -2.14. The van der Waals surface area contributed by atoms with E-state index < -0.39 is 12.1 Å². The minimum Gasteiger partial charge on any atom is -0.478 e. The monoisotopic (exact) mass is 304 g/mol. The van der Waals surface area contributed by atoms with Crippen molar-refractivity contribution in [1.29, 1.82) is 0 Å². The van der Waals surface area contributed by atoms with Crippen LogP contribution in [0.25, 0.3) is 11.0 Å². The van der Waals surface area contributed by atoms with Crippen LogP contribution in [0.3, 0.4) is 0 Å². The maximum atomic E-state index is 12.1. The Bertz CT molecular complexity index is 776. The molecular formula is C16H16O6. The molecule has 116 valence electrons. The molecule has 1 N–H and O–H groups in total. The molecule has 2 heterocycles. The lowest BCUT2D eigenvalue weighted by Crippen LogP contribution is -2.22. The van der Waals surface area contributed by atoms with Gasteiger partial charge in [-0.15, -0.1) is 0 Å². The van der Waals surface area contributed by atoms with Crippen molar-refractivity contribution in [1.82, 2.24) is 0 Å². The van der Waals surface area contributed by atoms with Gasteiger partial charge in [0.1, 0.15) is 17.1 Å². The second-order valence-corrected chi connectivity index (χ2v) is 5.07. The molecule has 1 aliphatic rings. The molecule has 0 spiro atoms. The largest absolute Gasteiger partial charge is 0.478 e. The van der Waals surface area contributed by atoms with Gasteiger partial charge in [-0.05, 0) is 12.1 Å². The van der Waals surface area contributed by atoms with E-state index in [0.29, 0.717) is 47.5 Å². The number of cyclic esters (lactones) is 1. The second-order valence-electron chi connectivity index (χ2n) is 5.07. The third kappa shape index (κ3) is 2.46. The van der Waals surface area contributed by atoms with Crippen molar-refractivity contribution in [2.75, 3.05) is 6.61 Å². The summed E-state index contributed by atoms with van der Waals surface area (Å²) >= 11 is 0. The van der Waals surface area contributed by atoms with E-state index in [1.165, 1.54) is 6.07 Å². The van der Waals surface area contributed by atoms with Crippen molar-refractivity contribution in [2.24, 2.45) is 0 Å². The topological polar surface area (TPSA) is 86.0 Å². The predicted octanol–water partition coefficient (Wildman–Crippen LogP) is 1.54. The van der Waals surface area contributed by atoms with Crippen LogP contribution >= 0.6 is 0 Å². The van der Waals surface area contributed by atoms with Gasteiger partial charge in [-0.25, -0.2) is 4.79 Å². The fourth-order valence-corrected chi connectivity index (χ4v) is 2.48. The first kappa shape index (κ1) is 14.6. The third-order valence-electron chi connectivity index (χ3n) is 3.67. The molecule has 22 heavy (non-hydrogen) atoms. The highest BCUT2D eigenvalue weighted by Crippen LogP contribution is 2.29. The quantitative estimate of drug-likeness (QED) is 0.862. The number of aryl methyl sites for hydroxylation is 1. The summed E-state index contributed by atoms with van der Waals surface area (Å²) < 4.78 is 16.2. The summed E-state index contributed by atoms with van der Waals surface area (Å²) in [5, 5.41) is 10.0. The molecule has 2 aromatic rings. The zero-order valence-electron chi connectivity index (χ0n) is 12.1. The highest BCUT2D eigenvalue weighted by atomic mass is 16.6. The van der Waals surface area contributed by atoms with E-state index >= 15 is 0 Å². The van der Waals surface area contributed by atoms with Gasteiger partial charge >= 0.3 is 5.97 Å². The SMILES string of the molecule is CCc1cc(=O)c2ccc(OC3CCOC3=O)c(CO)c2o1. The van der Waals surface area contributed by atoms with Gasteiger partial charge in [0.05, 0.1) is 24.2 Å². The summed E-state index contributed by atoms with van der Waals surface area (Å²) in [6, 6.07) is 4.59. The van der Waals surface area contributed by atoms with Gasteiger partial charge in [-0.2, -0.15) is 0 Å². The average molecular weight is 304 g/mol. The van der Waals surface area contributed by atoms with Gasteiger partial charge in [0.2, 0.25) is 0 Å². The summed E-state index contributed by atoms with van der Waals surface area (Å²) in [5.41, 5.74) is 0.500. The van der Waals surface area contributed by atoms with Crippen molar-refractivity contribution in [2.45, 2.75) is 32.5 Å². The average Bonchev–Trinajstić information content (AvgIpc) is 2.92. The van der Waals surface area contributed by atoms with E-state index in [2.05, 4.69) is 0 Å². The first-order chi connectivity index (χ1) is 10.6. The van der Waals surface area contributed by atoms with Crippen LogP contribution in [0.15, 0.2) is 27.4 Å². The fraction of sp³-hybridized carbons (Fsp3) is 0.375. The Morgan fingerprint density at radius 3 is 2.82 bits per heavy atom. The molecule has 0 saturated carbocycles. The number of rotatable bonds is 4. The Hall–Kier alpha value is -2.34. The molecular weight excluding hydrogens is 288 g/mol. The minimum atomic E-state index is -0.691. The fourth-order valence-electron chi connectivity index (χ4n) is 2.48. The number of carbonyl (C=O) groups excluding carboxylic acids is 1. The van der Waals surface area contributed by atoms with Gasteiger partial charge in [-0.3, -0.25) is 4.79 Å². The van der Waals surface area contributed by atoms with Crippen LogP contribution in [0, 0.1) is 0 Å². The van der Waals surface area contributed by atoms with Gasteiger partial charge in [0, 0.05) is 18.9 Å². The van der Waals surface area contributed by atoms with Gasteiger partial charge in [-0.1, -0.05) is 6.92 Å². The number of carbonyl (C=O) groups is 1. The number of benzene rings is 1. The molecule has 1 aromatic carbocycles. The van der Waals surface area contributed by atoms with Crippen molar-refractivity contribution in [3.8, 4) is 5.75 Å². The normalized spacial score (nSPS) is 17.7. The molecule has 0 aliphatic carbocycles. The Morgan fingerprint density at radius 2 is 2.18 bits per heavy atom. The predicted molar refractivity (Wildman–Crippen MR) is 77.8 cm³/mol. The van der Waals surface area contributed by atoms with Crippen LogP contribution in [0.1, 0.15) is 24.7 Å². The molecule has 3 rings (SSSR count). The van der Waals surface area contributed by atoms with Crippen LogP contribution in [0.2, 0.25) is 0 Å². The maximum absolute atomic E-state index is 12.1. The van der Waals surface area contributed by atoms with Crippen molar-refractivity contribution < 1.29 is 23.8 Å². The minimum absolute atomic E-state index is 0.167. The molecule has 1 unspecified atom stereocenters. The van der Waals surface area contributed by atoms with E-state index in [0.717, 1.165) is 0 Å². The number of aliphatic hydroxyl groups is 1. The number of hydrogen-bond donors (Lipinski definition) is 1. The summed E-state index contributed by atoms with van der Waals surface area (Å²) in [4.78, 5) is 23.6. The van der Waals surface area contributed by atoms with Crippen molar-refractivity contribution in [3.05, 3.63) is 39.7 Å². The molecule has 1 aromatic heterocycles. The molecule has 1 saturated heterocycles.